The molecule has 2 unspecified atom stereocenters. The van der Waals surface area contributed by atoms with Gasteiger partial charge in [0.25, 0.3) is 0 Å². The van der Waals surface area contributed by atoms with Gasteiger partial charge in [0.05, 0.1) is 0 Å². The van der Waals surface area contributed by atoms with Crippen molar-refractivity contribution >= 4 is 11.8 Å². The molecule has 2 N–H and O–H groups in total. The zero-order valence-corrected chi connectivity index (χ0v) is 9.07. The van der Waals surface area contributed by atoms with Gasteiger partial charge >= 0.3 is 0 Å². The maximum absolute atomic E-state index is 6.11. The molecule has 0 aromatic rings. The van der Waals surface area contributed by atoms with Crippen molar-refractivity contribution in [1.29, 1.82) is 0 Å². The fourth-order valence-electron chi connectivity index (χ4n) is 1.82. The summed E-state index contributed by atoms with van der Waals surface area (Å²) in [6.07, 6.45) is 6.70. The van der Waals surface area contributed by atoms with Crippen molar-refractivity contribution in [1.82, 2.24) is 0 Å². The third-order valence-corrected chi connectivity index (χ3v) is 3.93. The van der Waals surface area contributed by atoms with Gasteiger partial charge < -0.3 is 5.73 Å². The van der Waals surface area contributed by atoms with Gasteiger partial charge in [0.1, 0.15) is 0 Å². The standard InChI is InChI=1S/C10H21NS/c1-8(2)12-10-7-5-3-4-6-9(10)11/h8-10H,3-7,11H2,1-2H3. The van der Waals surface area contributed by atoms with E-state index in [9.17, 15) is 0 Å². The second-order valence-corrected chi connectivity index (χ2v) is 5.85. The van der Waals surface area contributed by atoms with E-state index in [0.717, 1.165) is 10.5 Å². The Bertz CT molecular complexity index is 125. The molecule has 1 saturated carbocycles. The average molecular weight is 187 g/mol. The third kappa shape index (κ3) is 3.36. The Hall–Kier alpha value is 0.310. The zero-order chi connectivity index (χ0) is 8.97. The molecule has 2 atom stereocenters. The highest BCUT2D eigenvalue weighted by Gasteiger charge is 2.21. The molecule has 1 aliphatic carbocycles. The Morgan fingerprint density at radius 3 is 2.50 bits per heavy atom. The fraction of sp³-hybridized carbons (Fsp3) is 1.00. The van der Waals surface area contributed by atoms with Crippen LogP contribution in [-0.4, -0.2) is 16.5 Å². The normalized spacial score (nSPS) is 32.0. The number of hydrogen-bond donors (Lipinski definition) is 1. The minimum Gasteiger partial charge on any atom is -0.327 e. The molecule has 0 saturated heterocycles. The maximum Gasteiger partial charge on any atom is 0.0201 e. The van der Waals surface area contributed by atoms with Gasteiger partial charge in [-0.2, -0.15) is 11.8 Å². The van der Waals surface area contributed by atoms with Crippen molar-refractivity contribution in [3.05, 3.63) is 0 Å². The van der Waals surface area contributed by atoms with Crippen molar-refractivity contribution in [3.63, 3.8) is 0 Å². The van der Waals surface area contributed by atoms with Crippen molar-refractivity contribution in [2.75, 3.05) is 0 Å². The summed E-state index contributed by atoms with van der Waals surface area (Å²) in [7, 11) is 0. The van der Waals surface area contributed by atoms with Crippen LogP contribution in [0.15, 0.2) is 0 Å². The lowest BCUT2D eigenvalue weighted by atomic mass is 10.1. The van der Waals surface area contributed by atoms with Crippen LogP contribution < -0.4 is 5.73 Å². The van der Waals surface area contributed by atoms with Crippen molar-refractivity contribution in [3.8, 4) is 0 Å². The van der Waals surface area contributed by atoms with E-state index in [1.165, 1.54) is 32.1 Å². The minimum atomic E-state index is 0.458. The average Bonchev–Trinajstić information content (AvgIpc) is 2.16. The summed E-state index contributed by atoms with van der Waals surface area (Å²) in [5.74, 6) is 0. The summed E-state index contributed by atoms with van der Waals surface area (Å²) in [4.78, 5) is 0. The van der Waals surface area contributed by atoms with Crippen LogP contribution in [0, 0.1) is 0 Å². The Morgan fingerprint density at radius 1 is 1.17 bits per heavy atom. The van der Waals surface area contributed by atoms with Gasteiger partial charge in [-0.1, -0.05) is 33.1 Å². The first-order chi connectivity index (χ1) is 5.70. The van der Waals surface area contributed by atoms with Gasteiger partial charge in [-0.15, -0.1) is 0 Å². The van der Waals surface area contributed by atoms with Crippen LogP contribution in [0.1, 0.15) is 46.0 Å². The topological polar surface area (TPSA) is 26.0 Å². The van der Waals surface area contributed by atoms with Crippen molar-refractivity contribution in [2.24, 2.45) is 5.73 Å². The van der Waals surface area contributed by atoms with Gasteiger partial charge in [-0.25, -0.2) is 0 Å². The maximum atomic E-state index is 6.11. The van der Waals surface area contributed by atoms with Crippen LogP contribution in [-0.2, 0) is 0 Å². The molecule has 0 bridgehead atoms. The molecule has 0 aromatic carbocycles. The number of thioether (sulfide) groups is 1. The summed E-state index contributed by atoms with van der Waals surface area (Å²) < 4.78 is 0. The van der Waals surface area contributed by atoms with E-state index in [4.69, 9.17) is 5.73 Å². The summed E-state index contributed by atoms with van der Waals surface area (Å²) in [6, 6.07) is 0.458. The first-order valence-electron chi connectivity index (χ1n) is 5.11. The van der Waals surface area contributed by atoms with E-state index in [-0.39, 0.29) is 0 Å². The summed E-state index contributed by atoms with van der Waals surface area (Å²) in [5.41, 5.74) is 6.11. The molecular weight excluding hydrogens is 166 g/mol. The molecule has 0 spiro atoms. The SMILES string of the molecule is CC(C)SC1CCCCCC1N. The Kier molecular flexibility index (Phi) is 4.44. The predicted molar refractivity (Wildman–Crippen MR) is 57.6 cm³/mol. The van der Waals surface area contributed by atoms with E-state index in [0.29, 0.717) is 6.04 Å². The molecular formula is C10H21NS. The van der Waals surface area contributed by atoms with E-state index < -0.39 is 0 Å². The highest BCUT2D eigenvalue weighted by Crippen LogP contribution is 2.29. The number of rotatable bonds is 2. The largest absolute Gasteiger partial charge is 0.327 e. The number of hydrogen-bond acceptors (Lipinski definition) is 2. The van der Waals surface area contributed by atoms with Gasteiger partial charge in [0.15, 0.2) is 0 Å². The molecule has 0 heterocycles. The van der Waals surface area contributed by atoms with E-state index in [2.05, 4.69) is 25.6 Å². The summed E-state index contributed by atoms with van der Waals surface area (Å²) >= 11 is 2.07. The number of nitrogens with two attached hydrogens (primary N) is 1. The summed E-state index contributed by atoms with van der Waals surface area (Å²) in [5, 5.41) is 1.46. The molecule has 1 nitrogen and oxygen atoms in total. The van der Waals surface area contributed by atoms with Crippen LogP contribution in [0.2, 0.25) is 0 Å². The zero-order valence-electron chi connectivity index (χ0n) is 8.25. The Labute approximate surface area is 80.5 Å². The smallest absolute Gasteiger partial charge is 0.0201 e. The second-order valence-electron chi connectivity index (χ2n) is 4.03. The third-order valence-electron chi connectivity index (χ3n) is 2.45. The molecule has 1 rings (SSSR count). The van der Waals surface area contributed by atoms with Gasteiger partial charge in [-0.05, 0) is 18.1 Å². The highest BCUT2D eigenvalue weighted by atomic mass is 32.2. The van der Waals surface area contributed by atoms with E-state index in [1.54, 1.807) is 0 Å². The lowest BCUT2D eigenvalue weighted by Crippen LogP contribution is -2.32. The fourth-order valence-corrected chi connectivity index (χ4v) is 3.16. The van der Waals surface area contributed by atoms with E-state index in [1.807, 2.05) is 0 Å². The van der Waals surface area contributed by atoms with Crippen LogP contribution in [0.25, 0.3) is 0 Å². The lowest BCUT2D eigenvalue weighted by molar-refractivity contribution is 0.595. The van der Waals surface area contributed by atoms with Crippen molar-refractivity contribution < 1.29 is 0 Å². The van der Waals surface area contributed by atoms with Crippen LogP contribution in [0.4, 0.5) is 0 Å². The molecule has 12 heavy (non-hydrogen) atoms. The quantitative estimate of drug-likeness (QED) is 0.673. The van der Waals surface area contributed by atoms with Gasteiger partial charge in [0, 0.05) is 11.3 Å². The Morgan fingerprint density at radius 2 is 1.83 bits per heavy atom. The molecule has 0 radical (unpaired) electrons. The van der Waals surface area contributed by atoms with Gasteiger partial charge in [0.2, 0.25) is 0 Å². The summed E-state index contributed by atoms with van der Waals surface area (Å²) in [6.45, 7) is 4.53. The molecule has 2 heteroatoms. The van der Waals surface area contributed by atoms with Crippen LogP contribution in [0.3, 0.4) is 0 Å². The second kappa shape index (κ2) is 5.13. The first-order valence-corrected chi connectivity index (χ1v) is 6.05. The minimum absolute atomic E-state index is 0.458. The molecule has 0 aromatic heterocycles. The molecule has 1 fully saturated rings. The Balaban J connectivity index is 2.36. The van der Waals surface area contributed by atoms with E-state index >= 15 is 0 Å². The van der Waals surface area contributed by atoms with Crippen molar-refractivity contribution in [2.45, 2.75) is 62.5 Å². The highest BCUT2D eigenvalue weighted by molar-refractivity contribution is 8.00. The molecule has 1 aliphatic rings. The van der Waals surface area contributed by atoms with Crippen LogP contribution in [0.5, 0.6) is 0 Å². The molecule has 0 amide bonds. The monoisotopic (exact) mass is 187 g/mol. The molecule has 0 aliphatic heterocycles. The van der Waals surface area contributed by atoms with Crippen LogP contribution >= 0.6 is 11.8 Å². The first kappa shape index (κ1) is 10.4. The van der Waals surface area contributed by atoms with Gasteiger partial charge in [-0.3, -0.25) is 0 Å². The predicted octanol–water partition coefficient (Wildman–Crippen LogP) is 2.79. The molecule has 72 valence electrons. The lowest BCUT2D eigenvalue weighted by Gasteiger charge is -2.22.